The number of rotatable bonds is 5. The van der Waals surface area contributed by atoms with E-state index in [9.17, 15) is 9.59 Å². The molecule has 0 atom stereocenters. The van der Waals surface area contributed by atoms with Gasteiger partial charge in [-0.05, 0) is 43.2 Å². The number of nitrogens with zero attached hydrogens (tertiary/aromatic N) is 1. The molecule has 3 N–H and O–H groups in total. The molecule has 156 valence electrons. The molecule has 0 spiro atoms. The minimum Gasteiger partial charge on any atom is -0.497 e. The lowest BCUT2D eigenvalue weighted by atomic mass is 9.89. The minimum absolute atomic E-state index is 0.0600. The molecule has 3 amide bonds. The predicted octanol–water partition coefficient (Wildman–Crippen LogP) is 5.47. The fourth-order valence-corrected chi connectivity index (χ4v) is 4.47. The average Bonchev–Trinajstić information content (AvgIpc) is 3.15. The van der Waals surface area contributed by atoms with Crippen LogP contribution >= 0.6 is 11.3 Å². The van der Waals surface area contributed by atoms with Gasteiger partial charge in [0.2, 0.25) is 5.91 Å². The highest BCUT2D eigenvalue weighted by Gasteiger charge is 2.22. The Labute approximate surface area is 178 Å². The molecular weight excluding hydrogens is 400 g/mol. The number of hydrogen-bond acceptors (Lipinski definition) is 5. The number of methoxy groups -OCH3 is 1. The van der Waals surface area contributed by atoms with Crippen LogP contribution in [0.3, 0.4) is 0 Å². The van der Waals surface area contributed by atoms with E-state index in [1.54, 1.807) is 31.4 Å². The fourth-order valence-electron chi connectivity index (χ4n) is 3.63. The quantitative estimate of drug-likeness (QED) is 0.506. The summed E-state index contributed by atoms with van der Waals surface area (Å²) in [6.07, 6.45) is 5.35. The number of urea groups is 1. The van der Waals surface area contributed by atoms with E-state index in [1.807, 2.05) is 18.2 Å². The number of fused-ring (bicyclic) bond motifs is 1. The van der Waals surface area contributed by atoms with Crippen LogP contribution < -0.4 is 20.7 Å². The summed E-state index contributed by atoms with van der Waals surface area (Å²) in [5.74, 6) is 0.813. The molecule has 0 radical (unpaired) electrons. The zero-order valence-electron chi connectivity index (χ0n) is 16.7. The van der Waals surface area contributed by atoms with E-state index in [-0.39, 0.29) is 17.9 Å². The number of carbonyl (C=O) groups excluding carboxylic acids is 2. The molecule has 0 saturated heterocycles. The number of aromatic nitrogens is 1. The van der Waals surface area contributed by atoms with Crippen molar-refractivity contribution in [1.82, 2.24) is 4.98 Å². The molecule has 0 aliphatic heterocycles. The molecule has 1 heterocycles. The minimum atomic E-state index is -0.358. The SMILES string of the molecule is COc1cccc(NC(=O)Nc2ccc3sc(NC(=O)C4CCCCC4)nc3c2)c1. The van der Waals surface area contributed by atoms with Crippen molar-refractivity contribution in [2.24, 2.45) is 5.92 Å². The maximum Gasteiger partial charge on any atom is 0.323 e. The highest BCUT2D eigenvalue weighted by Crippen LogP contribution is 2.30. The van der Waals surface area contributed by atoms with Crippen LogP contribution in [0.5, 0.6) is 5.75 Å². The largest absolute Gasteiger partial charge is 0.497 e. The second kappa shape index (κ2) is 9.13. The summed E-state index contributed by atoms with van der Waals surface area (Å²) in [6, 6.07) is 12.3. The Hall–Kier alpha value is -3.13. The van der Waals surface area contributed by atoms with Crippen molar-refractivity contribution in [3.63, 3.8) is 0 Å². The van der Waals surface area contributed by atoms with E-state index in [4.69, 9.17) is 4.74 Å². The van der Waals surface area contributed by atoms with Crippen LogP contribution in [0.2, 0.25) is 0 Å². The van der Waals surface area contributed by atoms with Crippen molar-refractivity contribution in [3.05, 3.63) is 42.5 Å². The van der Waals surface area contributed by atoms with Gasteiger partial charge in [-0.3, -0.25) is 4.79 Å². The highest BCUT2D eigenvalue weighted by atomic mass is 32.1. The van der Waals surface area contributed by atoms with E-state index in [2.05, 4.69) is 20.9 Å². The first-order valence-corrected chi connectivity index (χ1v) is 10.9. The lowest BCUT2D eigenvalue weighted by Crippen LogP contribution is -2.24. The number of amides is 3. The molecule has 7 nitrogen and oxygen atoms in total. The number of benzene rings is 2. The van der Waals surface area contributed by atoms with Crippen LogP contribution in [0.4, 0.5) is 21.3 Å². The number of thiazole rings is 1. The molecule has 2 aromatic carbocycles. The summed E-state index contributed by atoms with van der Waals surface area (Å²) < 4.78 is 6.11. The summed E-state index contributed by atoms with van der Waals surface area (Å²) in [5, 5.41) is 9.14. The van der Waals surface area contributed by atoms with E-state index in [0.29, 0.717) is 22.3 Å². The van der Waals surface area contributed by atoms with Gasteiger partial charge >= 0.3 is 6.03 Å². The monoisotopic (exact) mass is 424 g/mol. The molecule has 8 heteroatoms. The third-order valence-corrected chi connectivity index (χ3v) is 6.13. The van der Waals surface area contributed by atoms with Crippen molar-refractivity contribution in [2.75, 3.05) is 23.1 Å². The van der Waals surface area contributed by atoms with Crippen LogP contribution in [0.25, 0.3) is 10.2 Å². The molecule has 1 fully saturated rings. The van der Waals surface area contributed by atoms with Crippen molar-refractivity contribution >= 4 is 50.0 Å². The summed E-state index contributed by atoms with van der Waals surface area (Å²) in [4.78, 5) is 29.3. The Morgan fingerprint density at radius 3 is 2.53 bits per heavy atom. The van der Waals surface area contributed by atoms with E-state index in [1.165, 1.54) is 17.8 Å². The maximum absolute atomic E-state index is 12.5. The lowest BCUT2D eigenvalue weighted by molar-refractivity contribution is -0.120. The summed E-state index contributed by atoms with van der Waals surface area (Å²) in [5.41, 5.74) is 1.99. The first-order chi connectivity index (χ1) is 14.6. The van der Waals surface area contributed by atoms with Crippen LogP contribution in [-0.2, 0) is 4.79 Å². The van der Waals surface area contributed by atoms with Crippen LogP contribution in [0.15, 0.2) is 42.5 Å². The highest BCUT2D eigenvalue weighted by molar-refractivity contribution is 7.22. The number of anilines is 3. The van der Waals surface area contributed by atoms with E-state index >= 15 is 0 Å². The van der Waals surface area contributed by atoms with Crippen molar-refractivity contribution in [2.45, 2.75) is 32.1 Å². The van der Waals surface area contributed by atoms with Crippen molar-refractivity contribution in [1.29, 1.82) is 0 Å². The maximum atomic E-state index is 12.5. The Balaban J connectivity index is 1.40. The van der Waals surface area contributed by atoms with Gasteiger partial charge in [0, 0.05) is 23.4 Å². The second-order valence-electron chi connectivity index (χ2n) is 7.34. The summed E-state index contributed by atoms with van der Waals surface area (Å²) in [7, 11) is 1.58. The molecule has 1 aliphatic rings. The summed E-state index contributed by atoms with van der Waals surface area (Å²) >= 11 is 1.44. The lowest BCUT2D eigenvalue weighted by Gasteiger charge is -2.19. The third-order valence-electron chi connectivity index (χ3n) is 5.18. The first-order valence-electron chi connectivity index (χ1n) is 10.0. The van der Waals surface area contributed by atoms with Crippen LogP contribution in [-0.4, -0.2) is 24.0 Å². The van der Waals surface area contributed by atoms with Crippen LogP contribution in [0.1, 0.15) is 32.1 Å². The fraction of sp³-hybridized carbons (Fsp3) is 0.318. The predicted molar refractivity (Wildman–Crippen MR) is 120 cm³/mol. The van der Waals surface area contributed by atoms with Gasteiger partial charge in [-0.15, -0.1) is 0 Å². The van der Waals surface area contributed by atoms with Gasteiger partial charge in [0.1, 0.15) is 5.75 Å². The number of carbonyl (C=O) groups is 2. The van der Waals surface area contributed by atoms with Gasteiger partial charge in [0.15, 0.2) is 5.13 Å². The Morgan fingerprint density at radius 1 is 1.00 bits per heavy atom. The molecule has 1 aliphatic carbocycles. The molecule has 3 aromatic rings. The Kier molecular flexibility index (Phi) is 6.13. The second-order valence-corrected chi connectivity index (χ2v) is 8.37. The topological polar surface area (TPSA) is 92.4 Å². The molecule has 1 aromatic heterocycles. The summed E-state index contributed by atoms with van der Waals surface area (Å²) in [6.45, 7) is 0. The Bertz CT molecular complexity index is 1060. The van der Waals surface area contributed by atoms with Gasteiger partial charge < -0.3 is 20.7 Å². The van der Waals surface area contributed by atoms with Gasteiger partial charge in [0.25, 0.3) is 0 Å². The molecule has 0 unspecified atom stereocenters. The standard InChI is InChI=1S/C22H24N4O3S/c1-29-17-9-5-8-15(12-17)23-21(28)24-16-10-11-19-18(13-16)25-22(30-19)26-20(27)14-6-3-2-4-7-14/h5,8-14H,2-4,6-7H2,1H3,(H2,23,24,28)(H,25,26,27). The van der Waals surface area contributed by atoms with Gasteiger partial charge in [-0.1, -0.05) is 36.7 Å². The number of hydrogen-bond donors (Lipinski definition) is 3. The zero-order valence-corrected chi connectivity index (χ0v) is 17.6. The normalized spacial score (nSPS) is 14.3. The van der Waals surface area contributed by atoms with E-state index < -0.39 is 0 Å². The van der Waals surface area contributed by atoms with Crippen molar-refractivity contribution < 1.29 is 14.3 Å². The van der Waals surface area contributed by atoms with Crippen molar-refractivity contribution in [3.8, 4) is 5.75 Å². The van der Waals surface area contributed by atoms with Gasteiger partial charge in [0.05, 0.1) is 17.3 Å². The van der Waals surface area contributed by atoms with Gasteiger partial charge in [-0.25, -0.2) is 9.78 Å². The smallest absolute Gasteiger partial charge is 0.323 e. The number of nitrogens with one attached hydrogen (secondary N) is 3. The number of ether oxygens (including phenoxy) is 1. The van der Waals surface area contributed by atoms with Crippen LogP contribution in [0, 0.1) is 5.92 Å². The third kappa shape index (κ3) is 4.88. The zero-order chi connectivity index (χ0) is 20.9. The average molecular weight is 425 g/mol. The van der Waals surface area contributed by atoms with Gasteiger partial charge in [-0.2, -0.15) is 0 Å². The molecular formula is C22H24N4O3S. The molecule has 0 bridgehead atoms. The first kappa shape index (κ1) is 20.2. The Morgan fingerprint density at radius 2 is 1.77 bits per heavy atom. The van der Waals surface area contributed by atoms with E-state index in [0.717, 1.165) is 35.9 Å². The molecule has 4 rings (SSSR count). The molecule has 1 saturated carbocycles. The molecule has 30 heavy (non-hydrogen) atoms.